The van der Waals surface area contributed by atoms with E-state index in [0.29, 0.717) is 11.4 Å². The van der Waals surface area contributed by atoms with Crippen molar-refractivity contribution in [2.75, 3.05) is 5.75 Å². The highest BCUT2D eigenvalue weighted by Gasteiger charge is 2.16. The fraction of sp³-hybridized carbons (Fsp3) is 0.231. The molecule has 4 nitrogen and oxygen atoms in total. The van der Waals surface area contributed by atoms with E-state index in [9.17, 15) is 9.18 Å². The fourth-order valence-electron chi connectivity index (χ4n) is 1.67. The Bertz CT molecular complexity index is 625. The van der Waals surface area contributed by atoms with Gasteiger partial charge in [0.25, 0.3) is 0 Å². The van der Waals surface area contributed by atoms with Gasteiger partial charge in [-0.25, -0.2) is 9.07 Å². The molecule has 1 aromatic heterocycles. The highest BCUT2D eigenvalue weighted by molar-refractivity contribution is 7.99. The molecule has 0 spiro atoms. The lowest BCUT2D eigenvalue weighted by Gasteiger charge is -2.09. The van der Waals surface area contributed by atoms with Crippen LogP contribution in [0.1, 0.15) is 12.6 Å². The number of aromatic nitrogens is 2. The van der Waals surface area contributed by atoms with E-state index in [2.05, 4.69) is 5.10 Å². The molecular weight excluding hydrogens is 303 g/mol. The lowest BCUT2D eigenvalue weighted by Crippen LogP contribution is -2.05. The normalized spacial score (nSPS) is 10.8. The number of rotatable bonds is 5. The van der Waals surface area contributed by atoms with Crippen molar-refractivity contribution < 1.29 is 14.3 Å². The molecule has 0 saturated heterocycles. The van der Waals surface area contributed by atoms with E-state index in [1.807, 2.05) is 6.92 Å². The number of benzene rings is 1. The zero-order chi connectivity index (χ0) is 14.7. The van der Waals surface area contributed by atoms with Crippen LogP contribution in [0.3, 0.4) is 0 Å². The lowest BCUT2D eigenvalue weighted by molar-refractivity contribution is -0.133. The molecule has 0 aliphatic heterocycles. The average Bonchev–Trinajstić information content (AvgIpc) is 2.79. The Morgan fingerprint density at radius 1 is 1.55 bits per heavy atom. The first kappa shape index (κ1) is 14.9. The average molecular weight is 315 g/mol. The van der Waals surface area contributed by atoms with Crippen molar-refractivity contribution >= 4 is 29.3 Å². The summed E-state index contributed by atoms with van der Waals surface area (Å²) in [5.41, 5.74) is 0.888. The highest BCUT2D eigenvalue weighted by atomic mass is 35.5. The summed E-state index contributed by atoms with van der Waals surface area (Å²) in [6.07, 6.45) is 0.666. The van der Waals surface area contributed by atoms with Gasteiger partial charge in [0.15, 0.2) is 0 Å². The van der Waals surface area contributed by atoms with Gasteiger partial charge >= 0.3 is 5.97 Å². The largest absolute Gasteiger partial charge is 0.481 e. The van der Waals surface area contributed by atoms with E-state index >= 15 is 0 Å². The molecule has 1 heterocycles. The van der Waals surface area contributed by atoms with Gasteiger partial charge in [-0.15, -0.1) is 0 Å². The maximum atomic E-state index is 14.0. The lowest BCUT2D eigenvalue weighted by atomic mass is 10.3. The zero-order valence-electron chi connectivity index (χ0n) is 10.6. The standard InChI is InChI=1S/C13H12ClFN2O2S/c1-2-8-6-11(20-7-12(18)19)17(16-8)13-9(14)4-3-5-10(13)15/h3-6H,2,7H2,1H3,(H,18,19). The molecule has 0 aliphatic carbocycles. The van der Waals surface area contributed by atoms with E-state index in [-0.39, 0.29) is 16.5 Å². The summed E-state index contributed by atoms with van der Waals surface area (Å²) in [5.74, 6) is -1.57. The number of nitrogens with zero attached hydrogens (tertiary/aromatic N) is 2. The molecule has 0 saturated carbocycles. The van der Waals surface area contributed by atoms with Gasteiger partial charge in [-0.2, -0.15) is 5.10 Å². The number of carboxylic acids is 1. The fourth-order valence-corrected chi connectivity index (χ4v) is 2.66. The van der Waals surface area contributed by atoms with E-state index < -0.39 is 11.8 Å². The first-order valence-corrected chi connectivity index (χ1v) is 7.27. The van der Waals surface area contributed by atoms with Crippen LogP contribution in [-0.2, 0) is 11.2 Å². The molecule has 1 N–H and O–H groups in total. The van der Waals surface area contributed by atoms with Crippen LogP contribution in [0.2, 0.25) is 5.02 Å². The summed E-state index contributed by atoms with van der Waals surface area (Å²) >= 11 is 7.10. The van der Waals surface area contributed by atoms with Crippen LogP contribution in [0.25, 0.3) is 5.69 Å². The molecule has 0 unspecified atom stereocenters. The van der Waals surface area contributed by atoms with Crippen LogP contribution in [0.15, 0.2) is 29.3 Å². The molecule has 106 valence electrons. The van der Waals surface area contributed by atoms with Gasteiger partial charge in [0.2, 0.25) is 0 Å². The number of thioether (sulfide) groups is 1. The van der Waals surface area contributed by atoms with E-state index in [1.54, 1.807) is 12.1 Å². The number of hydrogen-bond donors (Lipinski definition) is 1. The highest BCUT2D eigenvalue weighted by Crippen LogP contribution is 2.29. The van der Waals surface area contributed by atoms with Gasteiger partial charge in [-0.3, -0.25) is 4.79 Å². The summed E-state index contributed by atoms with van der Waals surface area (Å²) in [5, 5.41) is 13.8. The molecule has 0 aliphatic rings. The van der Waals surface area contributed by atoms with Gasteiger partial charge in [0.1, 0.15) is 16.5 Å². The van der Waals surface area contributed by atoms with E-state index in [0.717, 1.165) is 17.5 Å². The third-order valence-corrected chi connectivity index (χ3v) is 3.87. The quantitative estimate of drug-likeness (QED) is 0.859. The van der Waals surface area contributed by atoms with Gasteiger partial charge in [0, 0.05) is 0 Å². The van der Waals surface area contributed by atoms with Crippen LogP contribution in [-0.4, -0.2) is 26.6 Å². The molecule has 0 atom stereocenters. The van der Waals surface area contributed by atoms with Crippen LogP contribution >= 0.6 is 23.4 Å². The summed E-state index contributed by atoms with van der Waals surface area (Å²) in [4.78, 5) is 10.7. The first-order valence-electron chi connectivity index (χ1n) is 5.90. The Hall–Kier alpha value is -1.53. The van der Waals surface area contributed by atoms with Gasteiger partial charge in [-0.05, 0) is 24.6 Å². The number of aliphatic carboxylic acids is 1. The number of carboxylic acid groups (broad SMARTS) is 1. The van der Waals surface area contributed by atoms with E-state index in [4.69, 9.17) is 16.7 Å². The zero-order valence-corrected chi connectivity index (χ0v) is 12.2. The van der Waals surface area contributed by atoms with Crippen molar-refractivity contribution in [3.05, 3.63) is 40.8 Å². The minimum absolute atomic E-state index is 0.124. The van der Waals surface area contributed by atoms with Gasteiger partial charge < -0.3 is 5.11 Å². The van der Waals surface area contributed by atoms with Gasteiger partial charge in [0.05, 0.1) is 16.5 Å². The number of aryl methyl sites for hydroxylation is 1. The molecule has 2 rings (SSSR count). The Balaban J connectivity index is 2.49. The maximum Gasteiger partial charge on any atom is 0.313 e. The maximum absolute atomic E-state index is 14.0. The number of halogens is 2. The molecule has 20 heavy (non-hydrogen) atoms. The SMILES string of the molecule is CCc1cc(SCC(=O)O)n(-c2c(F)cccc2Cl)n1. The predicted molar refractivity (Wildman–Crippen MR) is 76.3 cm³/mol. The van der Waals surface area contributed by atoms with Crippen molar-refractivity contribution in [1.82, 2.24) is 9.78 Å². The third-order valence-electron chi connectivity index (χ3n) is 2.58. The van der Waals surface area contributed by atoms with E-state index in [1.165, 1.54) is 16.8 Å². The summed E-state index contributed by atoms with van der Waals surface area (Å²) < 4.78 is 15.3. The summed E-state index contributed by atoms with van der Waals surface area (Å²) in [7, 11) is 0. The molecule has 0 amide bonds. The van der Waals surface area contributed by atoms with Crippen molar-refractivity contribution in [3.63, 3.8) is 0 Å². The Labute approximate surface area is 124 Å². The smallest absolute Gasteiger partial charge is 0.313 e. The predicted octanol–water partition coefficient (Wildman–Crippen LogP) is 3.40. The molecule has 1 aromatic carbocycles. The number of carbonyl (C=O) groups is 1. The monoisotopic (exact) mass is 314 g/mol. The molecule has 7 heteroatoms. The van der Waals surface area contributed by atoms with Crippen LogP contribution in [0.5, 0.6) is 0 Å². The van der Waals surface area contributed by atoms with Gasteiger partial charge in [-0.1, -0.05) is 36.4 Å². The van der Waals surface area contributed by atoms with Crippen LogP contribution in [0, 0.1) is 5.82 Å². The summed E-state index contributed by atoms with van der Waals surface area (Å²) in [6, 6.07) is 6.12. The summed E-state index contributed by atoms with van der Waals surface area (Å²) in [6.45, 7) is 1.92. The molecule has 0 fully saturated rings. The first-order chi connectivity index (χ1) is 9.52. The molecule has 0 bridgehead atoms. The second kappa shape index (κ2) is 6.28. The molecular formula is C13H12ClFN2O2S. The van der Waals surface area contributed by atoms with Crippen molar-refractivity contribution in [1.29, 1.82) is 0 Å². The third kappa shape index (κ3) is 3.13. The minimum Gasteiger partial charge on any atom is -0.481 e. The topological polar surface area (TPSA) is 55.1 Å². The Kier molecular flexibility index (Phi) is 4.67. The van der Waals surface area contributed by atoms with Crippen molar-refractivity contribution in [2.24, 2.45) is 0 Å². The van der Waals surface area contributed by atoms with Crippen LogP contribution < -0.4 is 0 Å². The van der Waals surface area contributed by atoms with Crippen LogP contribution in [0.4, 0.5) is 4.39 Å². The minimum atomic E-state index is -0.944. The number of hydrogen-bond acceptors (Lipinski definition) is 3. The Morgan fingerprint density at radius 3 is 2.90 bits per heavy atom. The Morgan fingerprint density at radius 2 is 2.30 bits per heavy atom. The van der Waals surface area contributed by atoms with Crippen molar-refractivity contribution in [3.8, 4) is 5.69 Å². The molecule has 2 aromatic rings. The molecule has 0 radical (unpaired) electrons. The number of para-hydroxylation sites is 1. The second-order valence-corrected chi connectivity index (χ2v) is 5.39. The van der Waals surface area contributed by atoms with Crippen molar-refractivity contribution in [2.45, 2.75) is 18.4 Å². The second-order valence-electron chi connectivity index (χ2n) is 3.99.